The van der Waals surface area contributed by atoms with Crippen LogP contribution in [0.4, 0.5) is 5.82 Å². The molecule has 0 radical (unpaired) electrons. The lowest BCUT2D eigenvalue weighted by Crippen LogP contribution is -2.32. The Morgan fingerprint density at radius 1 is 1.08 bits per heavy atom. The van der Waals surface area contributed by atoms with Gasteiger partial charge in [-0.1, -0.05) is 19.3 Å². The highest BCUT2D eigenvalue weighted by atomic mass is 31.2. The molecule has 3 fully saturated rings. The first-order valence-corrected chi connectivity index (χ1v) is 16.5. The summed E-state index contributed by atoms with van der Waals surface area (Å²) in [5, 5.41) is 21.3. The van der Waals surface area contributed by atoms with Crippen LogP contribution < -0.4 is 4.90 Å². The van der Waals surface area contributed by atoms with E-state index in [4.69, 9.17) is 19.5 Å². The molecular formula is C22H35N5O8P2. The second-order valence-electron chi connectivity index (χ2n) is 10.9. The molecule has 2 saturated heterocycles. The standard InChI is InChI=1S/C22H35N5O8P2/c1-14-24-19(26-9-8-22(11-26)6-3-2-4-7-22)16-20(25-14)27(12-23-16)21-18(29)17(28)15(35-21)5-10-36(30,31)13-37(32,33)34/h12,15,17-18,21,28-29H,2-11,13H2,1H3,(H,30,31)(H2,32,33,34)/t15-,17+,18?,21-/m1/s1. The fraction of sp³-hybridized carbons (Fsp3) is 0.773. The number of rotatable bonds is 7. The number of fused-ring (bicyclic) bond motifs is 1. The molecule has 2 aromatic rings. The van der Waals surface area contributed by atoms with Crippen molar-refractivity contribution >= 4 is 31.9 Å². The van der Waals surface area contributed by atoms with Crippen molar-refractivity contribution in [1.29, 1.82) is 0 Å². The van der Waals surface area contributed by atoms with Crippen LogP contribution in [0.2, 0.25) is 0 Å². The first kappa shape index (κ1) is 27.1. The SMILES string of the molecule is Cc1nc(N2CCC3(CCCCC3)C2)c2ncn([C@@H]3O[C@H](CCP(=O)(O)CP(=O)(O)O)[C@H](O)C3O)c2n1. The quantitative estimate of drug-likeness (QED) is 0.309. The van der Waals surface area contributed by atoms with Crippen molar-refractivity contribution in [1.82, 2.24) is 19.5 Å². The van der Waals surface area contributed by atoms with Crippen LogP contribution >= 0.6 is 15.0 Å². The molecule has 206 valence electrons. The third-order valence-corrected chi connectivity index (χ3v) is 12.1. The Hall–Kier alpha value is -1.43. The minimum atomic E-state index is -4.68. The number of imidazole rings is 1. The monoisotopic (exact) mass is 559 g/mol. The zero-order chi connectivity index (χ0) is 26.6. The van der Waals surface area contributed by atoms with Gasteiger partial charge in [-0.25, -0.2) is 15.0 Å². The number of ether oxygens (including phenoxy) is 1. The van der Waals surface area contributed by atoms with E-state index in [0.29, 0.717) is 22.4 Å². The maximum atomic E-state index is 12.2. The summed E-state index contributed by atoms with van der Waals surface area (Å²) in [7, 11) is -8.83. The number of aromatic nitrogens is 4. The van der Waals surface area contributed by atoms with Gasteiger partial charge in [0.15, 0.2) is 23.2 Å². The molecule has 1 spiro atoms. The molecule has 1 saturated carbocycles. The van der Waals surface area contributed by atoms with Crippen LogP contribution in [-0.4, -0.2) is 87.9 Å². The predicted octanol–water partition coefficient (Wildman–Crippen LogP) is 1.71. The number of nitrogens with zero attached hydrogens (tertiary/aromatic N) is 5. The van der Waals surface area contributed by atoms with Gasteiger partial charge in [0.1, 0.15) is 23.9 Å². The largest absolute Gasteiger partial charge is 0.388 e. The van der Waals surface area contributed by atoms with E-state index in [0.717, 1.165) is 25.3 Å². The number of anilines is 1. The molecule has 2 aromatic heterocycles. The van der Waals surface area contributed by atoms with Gasteiger partial charge in [0.25, 0.3) is 0 Å². The van der Waals surface area contributed by atoms with E-state index in [1.165, 1.54) is 38.4 Å². The zero-order valence-electron chi connectivity index (χ0n) is 20.8. The van der Waals surface area contributed by atoms with Crippen molar-refractivity contribution in [2.24, 2.45) is 5.41 Å². The Morgan fingerprint density at radius 3 is 2.51 bits per heavy atom. The predicted molar refractivity (Wildman–Crippen MR) is 135 cm³/mol. The molecule has 0 aromatic carbocycles. The topological polar surface area (TPSA) is 191 Å². The molecule has 37 heavy (non-hydrogen) atoms. The van der Waals surface area contributed by atoms with Gasteiger partial charge in [0, 0.05) is 19.3 Å². The Kier molecular flexibility index (Phi) is 7.30. The van der Waals surface area contributed by atoms with E-state index >= 15 is 0 Å². The van der Waals surface area contributed by atoms with Gasteiger partial charge >= 0.3 is 7.60 Å². The first-order valence-electron chi connectivity index (χ1n) is 12.7. The van der Waals surface area contributed by atoms with E-state index in [2.05, 4.69) is 14.9 Å². The highest BCUT2D eigenvalue weighted by Gasteiger charge is 2.46. The summed E-state index contributed by atoms with van der Waals surface area (Å²) in [5.41, 5.74) is 1.35. The normalized spacial score (nSPS) is 29.8. The average Bonchev–Trinajstić information content (AvgIpc) is 3.48. The van der Waals surface area contributed by atoms with Crippen LogP contribution in [0.25, 0.3) is 11.2 Å². The van der Waals surface area contributed by atoms with Crippen LogP contribution in [0.1, 0.15) is 57.0 Å². The second-order valence-corrected chi connectivity index (χ2v) is 15.5. The lowest BCUT2D eigenvalue weighted by Gasteiger charge is -2.33. The average molecular weight is 559 g/mol. The minimum Gasteiger partial charge on any atom is -0.388 e. The van der Waals surface area contributed by atoms with Crippen LogP contribution in [0.15, 0.2) is 6.33 Å². The summed E-state index contributed by atoms with van der Waals surface area (Å²) in [6.07, 6.45) is 3.44. The van der Waals surface area contributed by atoms with Crippen LogP contribution in [0.3, 0.4) is 0 Å². The Balaban J connectivity index is 1.36. The van der Waals surface area contributed by atoms with Crippen molar-refractivity contribution in [2.75, 3.05) is 30.1 Å². The maximum Gasteiger partial charge on any atom is 0.335 e. The van der Waals surface area contributed by atoms with Crippen molar-refractivity contribution < 1.29 is 38.8 Å². The van der Waals surface area contributed by atoms with Gasteiger partial charge in [0.2, 0.25) is 7.37 Å². The molecule has 5 N–H and O–H groups in total. The number of hydrogen-bond acceptors (Lipinski definition) is 9. The summed E-state index contributed by atoms with van der Waals surface area (Å²) in [5.74, 6) is 0.140. The van der Waals surface area contributed by atoms with Crippen LogP contribution in [0.5, 0.6) is 0 Å². The van der Waals surface area contributed by atoms with E-state index in [1.54, 1.807) is 11.5 Å². The van der Waals surface area contributed by atoms with Crippen molar-refractivity contribution in [3.8, 4) is 0 Å². The summed E-state index contributed by atoms with van der Waals surface area (Å²) in [4.78, 5) is 44.1. The maximum absolute atomic E-state index is 12.2. The summed E-state index contributed by atoms with van der Waals surface area (Å²) in [6.45, 7) is 3.60. The third kappa shape index (κ3) is 5.65. The number of hydrogen-bond donors (Lipinski definition) is 5. The summed E-state index contributed by atoms with van der Waals surface area (Å²) < 4.78 is 30.8. The Morgan fingerprint density at radius 2 is 1.81 bits per heavy atom. The molecule has 2 aliphatic heterocycles. The molecule has 2 unspecified atom stereocenters. The van der Waals surface area contributed by atoms with E-state index in [-0.39, 0.29) is 6.42 Å². The molecule has 3 aliphatic rings. The molecule has 0 amide bonds. The Bertz CT molecular complexity index is 1250. The smallest absolute Gasteiger partial charge is 0.335 e. The number of aryl methyl sites for hydroxylation is 1. The van der Waals surface area contributed by atoms with Gasteiger partial charge < -0.3 is 34.5 Å². The summed E-state index contributed by atoms with van der Waals surface area (Å²) in [6, 6.07) is 0. The third-order valence-electron chi connectivity index (χ3n) is 7.95. The molecule has 13 nitrogen and oxygen atoms in total. The number of aliphatic hydroxyl groups excluding tert-OH is 2. The highest BCUT2D eigenvalue weighted by Crippen LogP contribution is 2.55. The van der Waals surface area contributed by atoms with Gasteiger partial charge in [0.05, 0.1) is 12.4 Å². The molecule has 4 heterocycles. The highest BCUT2D eigenvalue weighted by molar-refractivity contribution is 7.72. The van der Waals surface area contributed by atoms with E-state index in [1.807, 2.05) is 0 Å². The Labute approximate surface area is 214 Å². The van der Waals surface area contributed by atoms with Crippen LogP contribution in [-0.2, 0) is 13.9 Å². The lowest BCUT2D eigenvalue weighted by molar-refractivity contribution is -0.0354. The van der Waals surface area contributed by atoms with Crippen LogP contribution in [0, 0.1) is 12.3 Å². The van der Waals surface area contributed by atoms with Crippen molar-refractivity contribution in [3.63, 3.8) is 0 Å². The molecule has 5 rings (SSSR count). The zero-order valence-corrected chi connectivity index (χ0v) is 22.5. The lowest BCUT2D eigenvalue weighted by atomic mass is 9.73. The molecule has 0 bridgehead atoms. The van der Waals surface area contributed by atoms with Crippen molar-refractivity contribution in [2.45, 2.75) is 76.4 Å². The molecule has 15 heteroatoms. The van der Waals surface area contributed by atoms with Gasteiger partial charge in [-0.15, -0.1) is 0 Å². The molecular weight excluding hydrogens is 524 g/mol. The minimum absolute atomic E-state index is 0.162. The second kappa shape index (κ2) is 9.95. The van der Waals surface area contributed by atoms with Gasteiger partial charge in [-0.3, -0.25) is 13.7 Å². The van der Waals surface area contributed by atoms with E-state index in [9.17, 15) is 24.2 Å². The number of aliphatic hydroxyl groups is 2. The van der Waals surface area contributed by atoms with Gasteiger partial charge in [-0.2, -0.15) is 0 Å². The first-order chi connectivity index (χ1) is 17.4. The molecule has 5 atom stereocenters. The van der Waals surface area contributed by atoms with Gasteiger partial charge in [-0.05, 0) is 38.0 Å². The van der Waals surface area contributed by atoms with Crippen molar-refractivity contribution in [3.05, 3.63) is 12.2 Å². The molecule has 1 aliphatic carbocycles. The summed E-state index contributed by atoms with van der Waals surface area (Å²) >= 11 is 0. The fourth-order valence-corrected chi connectivity index (χ4v) is 9.65. The van der Waals surface area contributed by atoms with E-state index < -0.39 is 51.6 Å². The fourth-order valence-electron chi connectivity index (χ4n) is 6.13.